The van der Waals surface area contributed by atoms with Crippen molar-refractivity contribution in [2.24, 2.45) is 0 Å². The van der Waals surface area contributed by atoms with Crippen LogP contribution in [0.4, 0.5) is 18.9 Å². The first-order chi connectivity index (χ1) is 8.31. The number of hydrogen-bond acceptors (Lipinski definition) is 3. The van der Waals surface area contributed by atoms with Crippen molar-refractivity contribution in [3.05, 3.63) is 22.7 Å². The second-order valence-corrected chi connectivity index (χ2v) is 4.13. The van der Waals surface area contributed by atoms with Crippen LogP contribution in [0.25, 0.3) is 0 Å². The van der Waals surface area contributed by atoms with Crippen molar-refractivity contribution in [1.82, 2.24) is 5.32 Å². The third-order valence-electron chi connectivity index (χ3n) is 1.89. The van der Waals surface area contributed by atoms with Crippen LogP contribution in [0, 0.1) is 0 Å². The van der Waals surface area contributed by atoms with E-state index in [0.29, 0.717) is 4.47 Å². The highest BCUT2D eigenvalue weighted by atomic mass is 79.9. The monoisotopic (exact) mass is 326 g/mol. The normalized spacial score (nSPS) is 10.9. The molecule has 0 aromatic heterocycles. The number of hydrogen-bond donors (Lipinski definition) is 2. The van der Waals surface area contributed by atoms with E-state index in [4.69, 9.17) is 0 Å². The zero-order valence-corrected chi connectivity index (χ0v) is 10.9. The molecule has 1 aromatic carbocycles. The number of nitrogens with one attached hydrogen (secondary N) is 2. The summed E-state index contributed by atoms with van der Waals surface area (Å²) in [5.41, 5.74) is 0.0825. The van der Waals surface area contributed by atoms with Crippen molar-refractivity contribution in [2.75, 3.05) is 18.9 Å². The standard InChI is InChI=1S/C10H10BrF3N2O2/c1-15-9(17)5-16-7-3-2-6(11)4-8(7)18-10(12,13)14/h2-4,16H,5H2,1H3,(H,15,17). The van der Waals surface area contributed by atoms with Gasteiger partial charge in [0, 0.05) is 11.5 Å². The predicted octanol–water partition coefficient (Wildman–Crippen LogP) is 2.51. The molecule has 0 atom stereocenters. The quantitative estimate of drug-likeness (QED) is 0.893. The largest absolute Gasteiger partial charge is 0.573 e. The molecule has 2 N–H and O–H groups in total. The van der Waals surface area contributed by atoms with Gasteiger partial charge in [-0.2, -0.15) is 0 Å². The molecule has 0 aliphatic heterocycles. The second kappa shape index (κ2) is 5.94. The smallest absolute Gasteiger partial charge is 0.404 e. The van der Waals surface area contributed by atoms with Crippen molar-refractivity contribution in [3.8, 4) is 5.75 Å². The third-order valence-corrected chi connectivity index (χ3v) is 2.38. The Hall–Kier alpha value is -1.44. The summed E-state index contributed by atoms with van der Waals surface area (Å²) in [5, 5.41) is 4.90. The average Bonchev–Trinajstić information content (AvgIpc) is 2.25. The lowest BCUT2D eigenvalue weighted by Gasteiger charge is -2.14. The fraction of sp³-hybridized carbons (Fsp3) is 0.300. The number of carbonyl (C=O) groups excluding carboxylic acids is 1. The Morgan fingerprint density at radius 3 is 2.67 bits per heavy atom. The Morgan fingerprint density at radius 1 is 1.44 bits per heavy atom. The first-order valence-electron chi connectivity index (χ1n) is 4.81. The van der Waals surface area contributed by atoms with Crippen molar-refractivity contribution < 1.29 is 22.7 Å². The van der Waals surface area contributed by atoms with E-state index >= 15 is 0 Å². The van der Waals surface area contributed by atoms with Crippen molar-refractivity contribution >= 4 is 27.5 Å². The molecule has 100 valence electrons. The molecule has 0 aliphatic carbocycles. The Kier molecular flexibility index (Phi) is 4.83. The Morgan fingerprint density at radius 2 is 2.11 bits per heavy atom. The summed E-state index contributed by atoms with van der Waals surface area (Å²) < 4.78 is 40.8. The molecular formula is C10H10BrF3N2O2. The number of halogens is 4. The number of likely N-dealkylation sites (N-methyl/N-ethyl adjacent to an activating group) is 1. The Bertz CT molecular complexity index is 438. The molecule has 0 spiro atoms. The molecule has 1 amide bonds. The van der Waals surface area contributed by atoms with Crippen LogP contribution < -0.4 is 15.4 Å². The maximum atomic E-state index is 12.2. The topological polar surface area (TPSA) is 50.4 Å². The lowest BCUT2D eigenvalue weighted by molar-refractivity contribution is -0.274. The SMILES string of the molecule is CNC(=O)CNc1ccc(Br)cc1OC(F)(F)F. The number of rotatable bonds is 4. The maximum absolute atomic E-state index is 12.2. The molecule has 18 heavy (non-hydrogen) atoms. The van der Waals surface area contributed by atoms with Gasteiger partial charge in [-0.3, -0.25) is 4.79 Å². The van der Waals surface area contributed by atoms with Gasteiger partial charge in [-0.05, 0) is 18.2 Å². The van der Waals surface area contributed by atoms with E-state index in [1.807, 2.05) is 0 Å². The van der Waals surface area contributed by atoms with E-state index in [1.165, 1.54) is 25.2 Å². The number of alkyl halides is 3. The summed E-state index contributed by atoms with van der Waals surface area (Å²) in [5.74, 6) is -0.753. The summed E-state index contributed by atoms with van der Waals surface area (Å²) in [6, 6.07) is 4.09. The molecule has 0 heterocycles. The van der Waals surface area contributed by atoms with Gasteiger partial charge in [0.05, 0.1) is 12.2 Å². The molecular weight excluding hydrogens is 317 g/mol. The average molecular weight is 327 g/mol. The van der Waals surface area contributed by atoms with Gasteiger partial charge in [-0.1, -0.05) is 15.9 Å². The molecule has 8 heteroatoms. The van der Waals surface area contributed by atoms with E-state index < -0.39 is 12.1 Å². The van der Waals surface area contributed by atoms with Gasteiger partial charge in [0.1, 0.15) is 0 Å². The summed E-state index contributed by atoms with van der Waals surface area (Å²) in [4.78, 5) is 11.0. The number of carbonyl (C=O) groups is 1. The van der Waals surface area contributed by atoms with Gasteiger partial charge in [-0.15, -0.1) is 13.2 Å². The number of ether oxygens (including phenoxy) is 1. The van der Waals surface area contributed by atoms with Gasteiger partial charge in [0.15, 0.2) is 5.75 Å². The highest BCUT2D eigenvalue weighted by Gasteiger charge is 2.32. The third kappa shape index (κ3) is 4.82. The molecule has 0 bridgehead atoms. The highest BCUT2D eigenvalue weighted by molar-refractivity contribution is 9.10. The fourth-order valence-corrected chi connectivity index (χ4v) is 1.46. The first kappa shape index (κ1) is 14.6. The van der Waals surface area contributed by atoms with Gasteiger partial charge >= 0.3 is 6.36 Å². The van der Waals surface area contributed by atoms with E-state index in [9.17, 15) is 18.0 Å². The van der Waals surface area contributed by atoms with Crippen LogP contribution in [0.2, 0.25) is 0 Å². The van der Waals surface area contributed by atoms with E-state index in [0.717, 1.165) is 0 Å². The predicted molar refractivity (Wildman–Crippen MR) is 63.4 cm³/mol. The lowest BCUT2D eigenvalue weighted by atomic mass is 10.3. The lowest BCUT2D eigenvalue weighted by Crippen LogP contribution is -2.26. The number of anilines is 1. The van der Waals surface area contributed by atoms with E-state index in [1.54, 1.807) is 0 Å². The van der Waals surface area contributed by atoms with Crippen LogP contribution in [0.3, 0.4) is 0 Å². The van der Waals surface area contributed by atoms with Crippen LogP contribution in [0.1, 0.15) is 0 Å². The van der Waals surface area contributed by atoms with E-state index in [2.05, 4.69) is 31.3 Å². The molecule has 0 saturated heterocycles. The van der Waals surface area contributed by atoms with E-state index in [-0.39, 0.29) is 18.1 Å². The summed E-state index contributed by atoms with van der Waals surface area (Å²) in [6.45, 7) is -0.146. The summed E-state index contributed by atoms with van der Waals surface area (Å²) in [6.07, 6.45) is -4.79. The van der Waals surface area contributed by atoms with Gasteiger partial charge in [0.25, 0.3) is 0 Å². The minimum Gasteiger partial charge on any atom is -0.404 e. The van der Waals surface area contributed by atoms with Crippen molar-refractivity contribution in [2.45, 2.75) is 6.36 Å². The Balaban J connectivity index is 2.86. The molecule has 1 aromatic rings. The summed E-state index contributed by atoms with van der Waals surface area (Å²) in [7, 11) is 1.43. The zero-order chi connectivity index (χ0) is 13.8. The van der Waals surface area contributed by atoms with Crippen LogP contribution in [-0.2, 0) is 4.79 Å². The molecule has 4 nitrogen and oxygen atoms in total. The highest BCUT2D eigenvalue weighted by Crippen LogP contribution is 2.32. The molecule has 0 radical (unpaired) electrons. The van der Waals surface area contributed by atoms with Crippen LogP contribution in [0.15, 0.2) is 22.7 Å². The Labute approximate surface area is 110 Å². The summed E-state index contributed by atoms with van der Waals surface area (Å²) >= 11 is 3.04. The van der Waals surface area contributed by atoms with Gasteiger partial charge in [-0.25, -0.2) is 0 Å². The zero-order valence-electron chi connectivity index (χ0n) is 9.27. The minimum absolute atomic E-state index is 0.0825. The van der Waals surface area contributed by atoms with Crippen LogP contribution in [0.5, 0.6) is 5.75 Å². The number of benzene rings is 1. The maximum Gasteiger partial charge on any atom is 0.573 e. The van der Waals surface area contributed by atoms with Gasteiger partial charge < -0.3 is 15.4 Å². The van der Waals surface area contributed by atoms with Gasteiger partial charge in [0.2, 0.25) is 5.91 Å². The van der Waals surface area contributed by atoms with Crippen LogP contribution in [-0.4, -0.2) is 25.9 Å². The minimum atomic E-state index is -4.79. The first-order valence-corrected chi connectivity index (χ1v) is 5.61. The fourth-order valence-electron chi connectivity index (χ4n) is 1.12. The molecule has 0 unspecified atom stereocenters. The van der Waals surface area contributed by atoms with Crippen molar-refractivity contribution in [3.63, 3.8) is 0 Å². The van der Waals surface area contributed by atoms with Crippen LogP contribution >= 0.6 is 15.9 Å². The molecule has 0 aliphatic rings. The van der Waals surface area contributed by atoms with Crippen molar-refractivity contribution in [1.29, 1.82) is 0 Å². The molecule has 1 rings (SSSR count). The number of amides is 1. The molecule has 0 fully saturated rings. The molecule has 0 saturated carbocycles. The second-order valence-electron chi connectivity index (χ2n) is 3.22.